The third-order valence-electron chi connectivity index (χ3n) is 4.48. The lowest BCUT2D eigenvalue weighted by molar-refractivity contribution is 0.407. The summed E-state index contributed by atoms with van der Waals surface area (Å²) in [5, 5.41) is 0. The maximum atomic E-state index is 14.8. The van der Waals surface area contributed by atoms with E-state index in [4.69, 9.17) is 4.74 Å². The minimum Gasteiger partial charge on any atom is -0.497 e. The van der Waals surface area contributed by atoms with Crippen molar-refractivity contribution in [2.24, 2.45) is 0 Å². The van der Waals surface area contributed by atoms with Crippen LogP contribution in [0.2, 0.25) is 0 Å². The Morgan fingerprint density at radius 2 is 1.58 bits per heavy atom. The molecule has 1 aromatic heterocycles. The molecule has 1 heterocycles. The summed E-state index contributed by atoms with van der Waals surface area (Å²) in [4.78, 5) is 12.5. The number of aryl methyl sites for hydroxylation is 2. The maximum Gasteiger partial charge on any atom is 0.188 e. The van der Waals surface area contributed by atoms with E-state index in [1.807, 2.05) is 31.2 Å². The molecule has 5 heteroatoms. The van der Waals surface area contributed by atoms with Gasteiger partial charge in [0.05, 0.1) is 18.4 Å². The Hall–Kier alpha value is -2.95. The first-order chi connectivity index (χ1) is 12.3. The first-order valence-corrected chi connectivity index (χ1v) is 8.17. The van der Waals surface area contributed by atoms with Gasteiger partial charge >= 0.3 is 0 Å². The molecule has 0 amide bonds. The van der Waals surface area contributed by atoms with Crippen molar-refractivity contribution in [3.63, 3.8) is 0 Å². The van der Waals surface area contributed by atoms with Crippen molar-refractivity contribution in [3.05, 3.63) is 81.1 Å². The number of methoxy groups -OCH3 is 1. The lowest BCUT2D eigenvalue weighted by Crippen LogP contribution is -2.18. The van der Waals surface area contributed by atoms with Crippen LogP contribution in [0, 0.1) is 32.4 Å². The van der Waals surface area contributed by atoms with Gasteiger partial charge in [0.2, 0.25) is 0 Å². The van der Waals surface area contributed by atoms with Gasteiger partial charge in [-0.05, 0) is 32.4 Å². The molecule has 0 saturated heterocycles. The van der Waals surface area contributed by atoms with E-state index in [9.17, 15) is 13.6 Å². The Morgan fingerprint density at radius 3 is 2.15 bits per heavy atom. The van der Waals surface area contributed by atoms with Gasteiger partial charge in [0, 0.05) is 35.1 Å². The largest absolute Gasteiger partial charge is 0.497 e. The summed E-state index contributed by atoms with van der Waals surface area (Å²) in [5.41, 5.74) is 2.18. The van der Waals surface area contributed by atoms with Crippen LogP contribution >= 0.6 is 0 Å². The highest BCUT2D eigenvalue weighted by Gasteiger charge is 2.22. The molecule has 0 fully saturated rings. The van der Waals surface area contributed by atoms with E-state index in [0.29, 0.717) is 5.56 Å². The lowest BCUT2D eigenvalue weighted by Gasteiger charge is -2.20. The molecule has 3 rings (SSSR count). The smallest absolute Gasteiger partial charge is 0.188 e. The van der Waals surface area contributed by atoms with Crippen molar-refractivity contribution in [2.45, 2.75) is 20.8 Å². The molecule has 3 nitrogen and oxygen atoms in total. The third kappa shape index (κ3) is 2.90. The van der Waals surface area contributed by atoms with Gasteiger partial charge < -0.3 is 9.30 Å². The number of rotatable bonds is 3. The summed E-state index contributed by atoms with van der Waals surface area (Å²) in [6.45, 7) is 5.18. The van der Waals surface area contributed by atoms with Crippen molar-refractivity contribution in [1.82, 2.24) is 4.57 Å². The molecular formula is C21H19F2NO2. The standard InChI is InChI=1S/C21H19F2NO2/c1-12-7-5-6-8-18(12)24-11-13(2)21(25)14(3)20(24)19-16(22)9-15(26-4)10-17(19)23/h5-11H,1-4H3. The monoisotopic (exact) mass is 355 g/mol. The van der Waals surface area contributed by atoms with E-state index in [1.54, 1.807) is 24.6 Å². The van der Waals surface area contributed by atoms with E-state index in [0.717, 1.165) is 23.4 Å². The van der Waals surface area contributed by atoms with E-state index in [2.05, 4.69) is 0 Å². The third-order valence-corrected chi connectivity index (χ3v) is 4.48. The predicted molar refractivity (Wildman–Crippen MR) is 98.2 cm³/mol. The Bertz CT molecular complexity index is 1030. The molecule has 0 atom stereocenters. The number of nitrogens with zero attached hydrogens (tertiary/aromatic N) is 1. The summed E-state index contributed by atoms with van der Waals surface area (Å²) >= 11 is 0. The highest BCUT2D eigenvalue weighted by molar-refractivity contribution is 5.69. The van der Waals surface area contributed by atoms with Gasteiger partial charge in [-0.15, -0.1) is 0 Å². The molecule has 0 unspecified atom stereocenters. The molecule has 0 radical (unpaired) electrons. The first kappa shape index (κ1) is 17.9. The summed E-state index contributed by atoms with van der Waals surface area (Å²) in [5.74, 6) is -1.48. The van der Waals surface area contributed by atoms with Crippen LogP contribution in [0.3, 0.4) is 0 Å². The van der Waals surface area contributed by atoms with Crippen molar-refractivity contribution >= 4 is 0 Å². The van der Waals surface area contributed by atoms with Crippen LogP contribution in [0.5, 0.6) is 5.75 Å². The normalized spacial score (nSPS) is 10.8. The second-order valence-electron chi connectivity index (χ2n) is 6.24. The summed E-state index contributed by atoms with van der Waals surface area (Å²) in [7, 11) is 1.34. The van der Waals surface area contributed by atoms with E-state index in [1.165, 1.54) is 7.11 Å². The molecule has 0 spiro atoms. The molecule has 0 bridgehead atoms. The SMILES string of the molecule is COc1cc(F)c(-c2c(C)c(=O)c(C)cn2-c2ccccc2C)c(F)c1. The average Bonchev–Trinajstić information content (AvgIpc) is 2.61. The number of pyridine rings is 1. The van der Waals surface area contributed by atoms with Crippen molar-refractivity contribution in [1.29, 1.82) is 0 Å². The molecule has 2 aromatic carbocycles. The van der Waals surface area contributed by atoms with Gasteiger partial charge in [-0.1, -0.05) is 18.2 Å². The van der Waals surface area contributed by atoms with Crippen molar-refractivity contribution in [2.75, 3.05) is 7.11 Å². The average molecular weight is 355 g/mol. The molecular weight excluding hydrogens is 336 g/mol. The fourth-order valence-corrected chi connectivity index (χ4v) is 3.13. The van der Waals surface area contributed by atoms with Gasteiger partial charge in [0.1, 0.15) is 17.4 Å². The number of halogens is 2. The Balaban J connectivity index is 2.44. The minimum atomic E-state index is -0.782. The van der Waals surface area contributed by atoms with Crippen LogP contribution in [-0.2, 0) is 0 Å². The summed E-state index contributed by atoms with van der Waals surface area (Å²) in [6, 6.07) is 9.71. The highest BCUT2D eigenvalue weighted by Crippen LogP contribution is 2.33. The van der Waals surface area contributed by atoms with Gasteiger partial charge in [0.15, 0.2) is 5.43 Å². The second kappa shape index (κ2) is 6.75. The fraction of sp³-hybridized carbons (Fsp3) is 0.190. The van der Waals surface area contributed by atoms with Crippen molar-refractivity contribution in [3.8, 4) is 22.7 Å². The Morgan fingerprint density at radius 1 is 0.962 bits per heavy atom. The molecule has 0 N–H and O–H groups in total. The molecule has 3 aromatic rings. The van der Waals surface area contributed by atoms with Crippen LogP contribution in [0.25, 0.3) is 16.9 Å². The maximum absolute atomic E-state index is 14.8. The predicted octanol–water partition coefficient (Wildman–Crippen LogP) is 4.72. The van der Waals surface area contributed by atoms with Crippen LogP contribution in [0.15, 0.2) is 47.4 Å². The zero-order valence-corrected chi connectivity index (χ0v) is 15.1. The molecule has 0 aliphatic heterocycles. The minimum absolute atomic E-state index is 0.0818. The number of hydrogen-bond acceptors (Lipinski definition) is 2. The number of para-hydroxylation sites is 1. The Kier molecular flexibility index (Phi) is 4.64. The van der Waals surface area contributed by atoms with Crippen LogP contribution in [0.1, 0.15) is 16.7 Å². The summed E-state index contributed by atoms with van der Waals surface area (Å²) < 4.78 is 36.1. The van der Waals surface area contributed by atoms with E-state index in [-0.39, 0.29) is 28.0 Å². The first-order valence-electron chi connectivity index (χ1n) is 8.17. The molecule has 0 aliphatic rings. The van der Waals surface area contributed by atoms with Gasteiger partial charge in [-0.2, -0.15) is 0 Å². The molecule has 26 heavy (non-hydrogen) atoms. The summed E-state index contributed by atoms with van der Waals surface area (Å²) in [6.07, 6.45) is 1.62. The Labute approximate surface area is 150 Å². The lowest BCUT2D eigenvalue weighted by atomic mass is 10.0. The number of hydrogen-bond donors (Lipinski definition) is 0. The van der Waals surface area contributed by atoms with Gasteiger partial charge in [0.25, 0.3) is 0 Å². The number of benzene rings is 2. The van der Waals surface area contributed by atoms with E-state index < -0.39 is 11.6 Å². The highest BCUT2D eigenvalue weighted by atomic mass is 19.1. The zero-order chi connectivity index (χ0) is 19.0. The van der Waals surface area contributed by atoms with Crippen LogP contribution in [0.4, 0.5) is 8.78 Å². The molecule has 0 aliphatic carbocycles. The number of aromatic nitrogens is 1. The molecule has 0 saturated carbocycles. The van der Waals surface area contributed by atoms with Crippen molar-refractivity contribution < 1.29 is 13.5 Å². The topological polar surface area (TPSA) is 31.2 Å². The quantitative estimate of drug-likeness (QED) is 0.681. The molecule has 134 valence electrons. The zero-order valence-electron chi connectivity index (χ0n) is 15.1. The second-order valence-corrected chi connectivity index (χ2v) is 6.24. The fourth-order valence-electron chi connectivity index (χ4n) is 3.13. The van der Waals surface area contributed by atoms with Gasteiger partial charge in [-0.25, -0.2) is 8.78 Å². The van der Waals surface area contributed by atoms with Crippen LogP contribution < -0.4 is 10.2 Å². The van der Waals surface area contributed by atoms with Crippen LogP contribution in [-0.4, -0.2) is 11.7 Å². The number of ether oxygens (including phenoxy) is 1. The van der Waals surface area contributed by atoms with Gasteiger partial charge in [-0.3, -0.25) is 4.79 Å². The van der Waals surface area contributed by atoms with E-state index >= 15 is 0 Å².